The molecule has 0 unspecified atom stereocenters. The second-order valence-corrected chi connectivity index (χ2v) is 5.18. The fourth-order valence-corrected chi connectivity index (χ4v) is 2.11. The highest BCUT2D eigenvalue weighted by Crippen LogP contribution is 2.29. The quantitative estimate of drug-likeness (QED) is 0.597. The summed E-state index contributed by atoms with van der Waals surface area (Å²) in [6.07, 6.45) is 0.998. The van der Waals surface area contributed by atoms with Crippen LogP contribution in [0.3, 0.4) is 0 Å². The lowest BCUT2D eigenvalue weighted by Gasteiger charge is -2.08. The third kappa shape index (κ3) is 3.57. The average Bonchev–Trinajstić information content (AvgIpc) is 2.46. The minimum absolute atomic E-state index is 0.0181. The Morgan fingerprint density at radius 1 is 1.15 bits per heavy atom. The molecule has 104 valence electrons. The van der Waals surface area contributed by atoms with E-state index in [-0.39, 0.29) is 5.69 Å². The minimum atomic E-state index is -0.435. The van der Waals surface area contributed by atoms with Crippen LogP contribution in [0.2, 0.25) is 0 Å². The Balaban J connectivity index is 2.09. The first-order chi connectivity index (χ1) is 9.60. The van der Waals surface area contributed by atoms with E-state index in [9.17, 15) is 10.1 Å². The van der Waals surface area contributed by atoms with Gasteiger partial charge in [-0.1, -0.05) is 31.2 Å². The molecule has 0 fully saturated rings. The molecule has 0 aromatic heterocycles. The zero-order chi connectivity index (χ0) is 14.5. The minimum Gasteiger partial charge on any atom is -0.487 e. The molecular weight excluding hydrogens is 322 g/mol. The molecule has 2 aromatic rings. The summed E-state index contributed by atoms with van der Waals surface area (Å²) in [7, 11) is 0. The lowest BCUT2D eigenvalue weighted by molar-refractivity contribution is -0.385. The number of nitro groups is 1. The van der Waals surface area contributed by atoms with Gasteiger partial charge in [-0.3, -0.25) is 10.1 Å². The Morgan fingerprint density at radius 2 is 1.80 bits per heavy atom. The molecular formula is C15H14BrNO3. The van der Waals surface area contributed by atoms with Gasteiger partial charge in [0.05, 0.1) is 15.5 Å². The van der Waals surface area contributed by atoms with Crippen LogP contribution in [0.5, 0.6) is 5.75 Å². The summed E-state index contributed by atoms with van der Waals surface area (Å²) in [4.78, 5) is 10.3. The van der Waals surface area contributed by atoms with Gasteiger partial charge in [-0.15, -0.1) is 0 Å². The Labute approximate surface area is 125 Å². The van der Waals surface area contributed by atoms with Crippen LogP contribution < -0.4 is 4.74 Å². The molecule has 4 nitrogen and oxygen atoms in total. The Kier molecular flexibility index (Phi) is 4.74. The second kappa shape index (κ2) is 6.52. The van der Waals surface area contributed by atoms with E-state index >= 15 is 0 Å². The van der Waals surface area contributed by atoms with Crippen LogP contribution in [-0.4, -0.2) is 4.92 Å². The lowest BCUT2D eigenvalue weighted by Crippen LogP contribution is -1.97. The summed E-state index contributed by atoms with van der Waals surface area (Å²) >= 11 is 3.33. The lowest BCUT2D eigenvalue weighted by atomic mass is 10.1. The number of aryl methyl sites for hydroxylation is 1. The van der Waals surface area contributed by atoms with Gasteiger partial charge in [0.25, 0.3) is 5.69 Å². The van der Waals surface area contributed by atoms with E-state index in [1.54, 1.807) is 6.07 Å². The molecule has 0 N–H and O–H groups in total. The molecule has 0 saturated heterocycles. The van der Waals surface area contributed by atoms with Crippen molar-refractivity contribution >= 4 is 21.6 Å². The van der Waals surface area contributed by atoms with Gasteiger partial charge < -0.3 is 4.74 Å². The van der Waals surface area contributed by atoms with Crippen molar-refractivity contribution in [3.63, 3.8) is 0 Å². The first kappa shape index (κ1) is 14.5. The summed E-state index contributed by atoms with van der Waals surface area (Å²) in [5, 5.41) is 10.7. The summed E-state index contributed by atoms with van der Waals surface area (Å²) < 4.78 is 6.34. The third-order valence-electron chi connectivity index (χ3n) is 2.95. The van der Waals surface area contributed by atoms with Crippen molar-refractivity contribution in [3.05, 3.63) is 68.2 Å². The van der Waals surface area contributed by atoms with Crippen LogP contribution >= 0.6 is 15.9 Å². The van der Waals surface area contributed by atoms with Crippen LogP contribution in [0.4, 0.5) is 5.69 Å². The van der Waals surface area contributed by atoms with E-state index in [1.165, 1.54) is 17.7 Å². The molecule has 0 aliphatic rings. The topological polar surface area (TPSA) is 52.4 Å². The van der Waals surface area contributed by atoms with Gasteiger partial charge in [0.2, 0.25) is 0 Å². The number of hydrogen-bond donors (Lipinski definition) is 0. The predicted molar refractivity (Wildman–Crippen MR) is 80.9 cm³/mol. The smallest absolute Gasteiger partial charge is 0.273 e. The molecule has 0 atom stereocenters. The monoisotopic (exact) mass is 335 g/mol. The van der Waals surface area contributed by atoms with E-state index in [2.05, 4.69) is 35.0 Å². The van der Waals surface area contributed by atoms with Crippen LogP contribution in [0, 0.1) is 10.1 Å². The summed E-state index contributed by atoms with van der Waals surface area (Å²) in [6, 6.07) is 12.6. The fourth-order valence-electron chi connectivity index (χ4n) is 1.75. The number of non-ortho nitro benzene ring substituents is 1. The highest BCUT2D eigenvalue weighted by atomic mass is 79.9. The molecule has 2 rings (SSSR count). The fraction of sp³-hybridized carbons (Fsp3) is 0.200. The Hall–Kier alpha value is -1.88. The van der Waals surface area contributed by atoms with Crippen LogP contribution in [0.15, 0.2) is 46.9 Å². The van der Waals surface area contributed by atoms with Crippen molar-refractivity contribution in [2.45, 2.75) is 20.0 Å². The zero-order valence-electron chi connectivity index (χ0n) is 11.0. The summed E-state index contributed by atoms with van der Waals surface area (Å²) in [5.74, 6) is 0.471. The summed E-state index contributed by atoms with van der Waals surface area (Å²) in [5.41, 5.74) is 2.32. The predicted octanol–water partition coefficient (Wildman–Crippen LogP) is 4.50. The van der Waals surface area contributed by atoms with E-state index in [0.29, 0.717) is 16.8 Å². The van der Waals surface area contributed by atoms with Crippen molar-refractivity contribution in [2.24, 2.45) is 0 Å². The number of nitrogens with zero attached hydrogens (tertiary/aromatic N) is 1. The van der Waals surface area contributed by atoms with E-state index in [1.807, 2.05) is 12.1 Å². The van der Waals surface area contributed by atoms with Crippen molar-refractivity contribution in [3.8, 4) is 5.75 Å². The number of benzene rings is 2. The van der Waals surface area contributed by atoms with Crippen LogP contribution in [0.25, 0.3) is 0 Å². The Morgan fingerprint density at radius 3 is 2.40 bits per heavy atom. The van der Waals surface area contributed by atoms with Gasteiger partial charge in [-0.2, -0.15) is 0 Å². The van der Waals surface area contributed by atoms with Gasteiger partial charge in [-0.05, 0) is 39.5 Å². The van der Waals surface area contributed by atoms with Crippen molar-refractivity contribution in [1.29, 1.82) is 0 Å². The Bertz CT molecular complexity index is 611. The highest BCUT2D eigenvalue weighted by Gasteiger charge is 2.10. The van der Waals surface area contributed by atoms with Gasteiger partial charge in [0.15, 0.2) is 0 Å². The third-order valence-corrected chi connectivity index (χ3v) is 3.61. The van der Waals surface area contributed by atoms with Gasteiger partial charge in [0.1, 0.15) is 12.4 Å². The zero-order valence-corrected chi connectivity index (χ0v) is 12.6. The normalized spacial score (nSPS) is 10.3. The van der Waals surface area contributed by atoms with E-state index in [4.69, 9.17) is 4.74 Å². The van der Waals surface area contributed by atoms with Crippen molar-refractivity contribution in [2.75, 3.05) is 0 Å². The first-order valence-electron chi connectivity index (χ1n) is 6.24. The second-order valence-electron chi connectivity index (χ2n) is 4.33. The van der Waals surface area contributed by atoms with Crippen LogP contribution in [-0.2, 0) is 13.0 Å². The molecule has 0 spiro atoms. The molecule has 2 aromatic carbocycles. The molecule has 0 heterocycles. The summed E-state index contributed by atoms with van der Waals surface area (Å²) in [6.45, 7) is 2.48. The van der Waals surface area contributed by atoms with Gasteiger partial charge in [-0.25, -0.2) is 0 Å². The molecule has 0 radical (unpaired) electrons. The molecule has 0 aliphatic carbocycles. The standard InChI is InChI=1S/C15H14BrNO3/c1-2-11-3-5-12(6-4-11)10-20-15-9-13(17(18)19)7-8-14(15)16/h3-9H,2,10H2,1H3. The number of hydrogen-bond acceptors (Lipinski definition) is 3. The molecule has 0 aliphatic heterocycles. The van der Waals surface area contributed by atoms with Crippen LogP contribution in [0.1, 0.15) is 18.1 Å². The maximum absolute atomic E-state index is 10.7. The highest BCUT2D eigenvalue weighted by molar-refractivity contribution is 9.10. The first-order valence-corrected chi connectivity index (χ1v) is 7.04. The van der Waals surface area contributed by atoms with E-state index < -0.39 is 4.92 Å². The van der Waals surface area contributed by atoms with Crippen molar-refractivity contribution in [1.82, 2.24) is 0 Å². The SMILES string of the molecule is CCc1ccc(COc2cc([N+](=O)[O-])ccc2Br)cc1. The maximum atomic E-state index is 10.7. The average molecular weight is 336 g/mol. The number of nitro benzene ring substituents is 1. The van der Waals surface area contributed by atoms with Gasteiger partial charge in [0, 0.05) is 6.07 Å². The molecule has 5 heteroatoms. The number of halogens is 1. The molecule has 0 bridgehead atoms. The maximum Gasteiger partial charge on any atom is 0.273 e. The van der Waals surface area contributed by atoms with Crippen molar-refractivity contribution < 1.29 is 9.66 Å². The molecule has 20 heavy (non-hydrogen) atoms. The van der Waals surface area contributed by atoms with Gasteiger partial charge >= 0.3 is 0 Å². The number of ether oxygens (including phenoxy) is 1. The number of rotatable bonds is 5. The van der Waals surface area contributed by atoms with E-state index in [0.717, 1.165) is 12.0 Å². The largest absolute Gasteiger partial charge is 0.487 e. The molecule has 0 amide bonds. The molecule has 0 saturated carbocycles.